The number of nitrogens with one attached hydrogen (secondary N) is 2. The van der Waals surface area contributed by atoms with Crippen LogP contribution < -0.4 is 10.6 Å². The van der Waals surface area contributed by atoms with Crippen LogP contribution in [0.15, 0.2) is 30.9 Å². The number of halogens is 2. The standard InChI is InChI=1S/C22H20ClFN4O3/c1-4-22(8-5-9-22)27-21(31)18(29)16-12(2)17(28(3)19(16)23)20(30)26-14-6-7-15(24)13(10-14)11-25/h4,6-7,10H,1,5,8-9H2,2-3H3,(H,26,30)(H,27,31). The highest BCUT2D eigenvalue weighted by molar-refractivity contribution is 6.47. The summed E-state index contributed by atoms with van der Waals surface area (Å²) in [6.45, 7) is 5.23. The van der Waals surface area contributed by atoms with Gasteiger partial charge in [-0.25, -0.2) is 4.39 Å². The van der Waals surface area contributed by atoms with E-state index in [1.54, 1.807) is 12.1 Å². The Kier molecular flexibility index (Phi) is 6.00. The van der Waals surface area contributed by atoms with Crippen LogP contribution in [0.3, 0.4) is 0 Å². The molecule has 1 saturated carbocycles. The van der Waals surface area contributed by atoms with Gasteiger partial charge in [0.2, 0.25) is 0 Å². The van der Waals surface area contributed by atoms with Crippen LogP contribution in [-0.4, -0.2) is 27.7 Å². The number of ketones is 1. The van der Waals surface area contributed by atoms with Crippen molar-refractivity contribution in [2.45, 2.75) is 31.7 Å². The summed E-state index contributed by atoms with van der Waals surface area (Å²) in [5, 5.41) is 14.2. The molecule has 0 radical (unpaired) electrons. The number of nitriles is 1. The predicted octanol–water partition coefficient (Wildman–Crippen LogP) is 3.66. The van der Waals surface area contributed by atoms with E-state index >= 15 is 0 Å². The fraction of sp³-hybridized carbons (Fsp3) is 0.273. The lowest BCUT2D eigenvalue weighted by molar-refractivity contribution is -0.119. The SMILES string of the molecule is C=CC1(NC(=O)C(=O)c2c(C)c(C(=O)Nc3ccc(F)c(C#N)c3)n(C)c2Cl)CCC1. The van der Waals surface area contributed by atoms with Gasteiger partial charge in [-0.2, -0.15) is 5.26 Å². The lowest BCUT2D eigenvalue weighted by Gasteiger charge is -2.39. The highest BCUT2D eigenvalue weighted by Crippen LogP contribution is 2.33. The number of rotatable bonds is 6. The molecule has 9 heteroatoms. The minimum Gasteiger partial charge on any atom is -0.340 e. The quantitative estimate of drug-likeness (QED) is 0.404. The minimum atomic E-state index is -0.848. The van der Waals surface area contributed by atoms with Gasteiger partial charge >= 0.3 is 0 Å². The summed E-state index contributed by atoms with van der Waals surface area (Å²) >= 11 is 6.30. The van der Waals surface area contributed by atoms with E-state index in [4.69, 9.17) is 16.9 Å². The van der Waals surface area contributed by atoms with E-state index in [1.165, 1.54) is 30.7 Å². The highest BCUT2D eigenvalue weighted by atomic mass is 35.5. The summed E-state index contributed by atoms with van der Waals surface area (Å²) in [6.07, 6.45) is 3.95. The van der Waals surface area contributed by atoms with E-state index in [0.29, 0.717) is 12.8 Å². The zero-order valence-corrected chi connectivity index (χ0v) is 17.8. The molecule has 31 heavy (non-hydrogen) atoms. The molecule has 3 rings (SSSR count). The van der Waals surface area contributed by atoms with Gasteiger partial charge in [0.1, 0.15) is 22.7 Å². The van der Waals surface area contributed by atoms with E-state index in [1.807, 2.05) is 0 Å². The van der Waals surface area contributed by atoms with Crippen LogP contribution in [-0.2, 0) is 11.8 Å². The van der Waals surface area contributed by atoms with Gasteiger partial charge < -0.3 is 15.2 Å². The van der Waals surface area contributed by atoms with Crippen molar-refractivity contribution in [2.75, 3.05) is 5.32 Å². The van der Waals surface area contributed by atoms with Crippen LogP contribution in [0.2, 0.25) is 5.15 Å². The lowest BCUT2D eigenvalue weighted by atomic mass is 9.77. The normalized spacial score (nSPS) is 14.2. The second-order valence-electron chi connectivity index (χ2n) is 7.46. The van der Waals surface area contributed by atoms with Crippen molar-refractivity contribution in [3.63, 3.8) is 0 Å². The Balaban J connectivity index is 1.88. The average molecular weight is 443 g/mol. The number of hydrogen-bond acceptors (Lipinski definition) is 4. The molecule has 1 aliphatic carbocycles. The largest absolute Gasteiger partial charge is 0.340 e. The average Bonchev–Trinajstić information content (AvgIpc) is 2.93. The van der Waals surface area contributed by atoms with Crippen molar-refractivity contribution >= 4 is 34.9 Å². The zero-order valence-electron chi connectivity index (χ0n) is 17.0. The molecule has 0 spiro atoms. The van der Waals surface area contributed by atoms with Crippen LogP contribution in [0.5, 0.6) is 0 Å². The van der Waals surface area contributed by atoms with E-state index < -0.39 is 29.0 Å². The molecule has 1 aliphatic rings. The third-order valence-electron chi connectivity index (χ3n) is 5.56. The van der Waals surface area contributed by atoms with Crippen LogP contribution >= 0.6 is 11.6 Å². The molecule has 0 bridgehead atoms. The third-order valence-corrected chi connectivity index (χ3v) is 6.00. The van der Waals surface area contributed by atoms with Gasteiger partial charge in [0, 0.05) is 12.7 Å². The molecule has 7 nitrogen and oxygen atoms in total. The lowest BCUT2D eigenvalue weighted by Crippen LogP contribution is -2.53. The van der Waals surface area contributed by atoms with E-state index in [-0.39, 0.29) is 33.2 Å². The number of nitrogens with zero attached hydrogens (tertiary/aromatic N) is 2. The van der Waals surface area contributed by atoms with Gasteiger partial charge in [0.05, 0.1) is 16.7 Å². The second-order valence-corrected chi connectivity index (χ2v) is 7.81. The molecule has 0 unspecified atom stereocenters. The molecule has 2 aromatic rings. The van der Waals surface area contributed by atoms with E-state index in [2.05, 4.69) is 17.2 Å². The van der Waals surface area contributed by atoms with Crippen molar-refractivity contribution in [1.29, 1.82) is 5.26 Å². The van der Waals surface area contributed by atoms with Gasteiger partial charge in [-0.3, -0.25) is 14.4 Å². The highest BCUT2D eigenvalue weighted by Gasteiger charge is 2.38. The van der Waals surface area contributed by atoms with Crippen molar-refractivity contribution in [2.24, 2.45) is 7.05 Å². The smallest absolute Gasteiger partial charge is 0.293 e. The number of Topliss-reactive ketones (excluding diaryl/α,β-unsaturated/α-hetero) is 1. The third kappa shape index (κ3) is 3.97. The van der Waals surface area contributed by atoms with Crippen LogP contribution in [0.4, 0.5) is 10.1 Å². The molecule has 2 N–H and O–H groups in total. The Hall–Kier alpha value is -3.44. The molecule has 1 aromatic carbocycles. The number of hydrogen-bond donors (Lipinski definition) is 2. The van der Waals surface area contributed by atoms with Crippen LogP contribution in [0, 0.1) is 24.1 Å². The molecule has 2 amide bonds. The number of carbonyl (C=O) groups is 3. The second kappa shape index (κ2) is 8.36. The summed E-state index contributed by atoms with van der Waals surface area (Å²) in [4.78, 5) is 38.2. The molecule has 1 aromatic heterocycles. The Morgan fingerprint density at radius 3 is 2.58 bits per heavy atom. The zero-order chi connectivity index (χ0) is 22.9. The number of amides is 2. The molecule has 0 atom stereocenters. The molecular weight excluding hydrogens is 423 g/mol. The maximum atomic E-state index is 13.5. The first-order chi connectivity index (χ1) is 14.6. The number of aromatic nitrogens is 1. The molecule has 0 aliphatic heterocycles. The Morgan fingerprint density at radius 2 is 2.03 bits per heavy atom. The van der Waals surface area contributed by atoms with Gasteiger partial charge in [0.15, 0.2) is 0 Å². The number of carbonyl (C=O) groups excluding carboxylic acids is 3. The van der Waals surface area contributed by atoms with Gasteiger partial charge in [-0.1, -0.05) is 17.7 Å². The summed E-state index contributed by atoms with van der Waals surface area (Å²) in [7, 11) is 1.49. The monoisotopic (exact) mass is 442 g/mol. The van der Waals surface area contributed by atoms with Gasteiger partial charge in [-0.05, 0) is 49.9 Å². The van der Waals surface area contributed by atoms with Crippen LogP contribution in [0.25, 0.3) is 0 Å². The topological polar surface area (TPSA) is 104 Å². The maximum absolute atomic E-state index is 13.5. The maximum Gasteiger partial charge on any atom is 0.293 e. The fourth-order valence-corrected chi connectivity index (χ4v) is 3.90. The molecule has 1 fully saturated rings. The first-order valence-electron chi connectivity index (χ1n) is 9.50. The van der Waals surface area contributed by atoms with E-state index in [9.17, 15) is 18.8 Å². The number of anilines is 1. The van der Waals surface area contributed by atoms with Gasteiger partial charge in [0.25, 0.3) is 17.6 Å². The molecule has 1 heterocycles. The summed E-state index contributed by atoms with van der Waals surface area (Å²) in [6, 6.07) is 5.26. The summed E-state index contributed by atoms with van der Waals surface area (Å²) < 4.78 is 14.8. The fourth-order valence-electron chi connectivity index (χ4n) is 3.59. The Morgan fingerprint density at radius 1 is 1.35 bits per heavy atom. The molecule has 0 saturated heterocycles. The van der Waals surface area contributed by atoms with Crippen molar-refractivity contribution < 1.29 is 18.8 Å². The first-order valence-corrected chi connectivity index (χ1v) is 9.88. The Bertz CT molecular complexity index is 1160. The summed E-state index contributed by atoms with van der Waals surface area (Å²) in [5.74, 6) is -3.00. The first kappa shape index (κ1) is 22.2. The number of benzene rings is 1. The van der Waals surface area contributed by atoms with E-state index in [0.717, 1.165) is 12.5 Å². The minimum absolute atomic E-state index is 0.0547. The predicted molar refractivity (Wildman–Crippen MR) is 113 cm³/mol. The van der Waals surface area contributed by atoms with Gasteiger partial charge in [-0.15, -0.1) is 6.58 Å². The Labute approximate surface area is 183 Å². The van der Waals surface area contributed by atoms with Crippen LogP contribution in [0.1, 0.15) is 51.2 Å². The molecular formula is C22H20ClFN4O3. The summed E-state index contributed by atoms with van der Waals surface area (Å²) in [5.41, 5.74) is -0.395. The molecule has 160 valence electrons. The van der Waals surface area contributed by atoms with Crippen molar-refractivity contribution in [1.82, 2.24) is 9.88 Å². The van der Waals surface area contributed by atoms with Crippen molar-refractivity contribution in [3.8, 4) is 6.07 Å². The van der Waals surface area contributed by atoms with Crippen molar-refractivity contribution in [3.05, 3.63) is 64.2 Å².